The van der Waals surface area contributed by atoms with Crippen LogP contribution in [0.25, 0.3) is 17.1 Å². The molecule has 3 aromatic rings. The summed E-state index contributed by atoms with van der Waals surface area (Å²) in [7, 11) is 0. The molecule has 0 N–H and O–H groups in total. The van der Waals surface area contributed by atoms with Crippen LogP contribution in [0.15, 0.2) is 35.1 Å². The van der Waals surface area contributed by atoms with Gasteiger partial charge in [0.25, 0.3) is 0 Å². The molecule has 8 heteroatoms. The van der Waals surface area contributed by atoms with Gasteiger partial charge in [0.1, 0.15) is 10.4 Å². The number of rotatable bonds is 3. The van der Waals surface area contributed by atoms with E-state index < -0.39 is 0 Å². The molecule has 0 unspecified atom stereocenters. The highest BCUT2D eigenvalue weighted by Crippen LogP contribution is 2.27. The van der Waals surface area contributed by atoms with Gasteiger partial charge in [0.05, 0.1) is 24.0 Å². The Bertz CT molecular complexity index is 733. The molecule has 102 valence electrons. The van der Waals surface area contributed by atoms with Gasteiger partial charge in [0.2, 0.25) is 5.82 Å². The standard InChI is InChI=1S/C12H10BrFN6/c1-2-19-17-12(16-18-19)10-7-15-20(11(10)13)9-5-3-8(14)4-6-9/h3-7H,2H2,1H3. The van der Waals surface area contributed by atoms with Crippen molar-refractivity contribution in [3.63, 3.8) is 0 Å². The smallest absolute Gasteiger partial charge is 0.209 e. The average molecular weight is 337 g/mol. The Balaban J connectivity index is 2.02. The van der Waals surface area contributed by atoms with Crippen LogP contribution in [0.3, 0.4) is 0 Å². The summed E-state index contributed by atoms with van der Waals surface area (Å²) in [6.45, 7) is 2.58. The molecule has 3 rings (SSSR count). The molecule has 0 spiro atoms. The Morgan fingerprint density at radius 2 is 2.00 bits per heavy atom. The highest BCUT2D eigenvalue weighted by Gasteiger charge is 2.15. The number of aryl methyl sites for hydroxylation is 1. The number of benzene rings is 1. The van der Waals surface area contributed by atoms with Gasteiger partial charge < -0.3 is 0 Å². The largest absolute Gasteiger partial charge is 0.226 e. The van der Waals surface area contributed by atoms with Gasteiger partial charge in [-0.2, -0.15) is 9.90 Å². The minimum Gasteiger partial charge on any atom is -0.226 e. The fourth-order valence-corrected chi connectivity index (χ4v) is 2.31. The number of halogens is 2. The van der Waals surface area contributed by atoms with Gasteiger partial charge in [0.15, 0.2) is 0 Å². The van der Waals surface area contributed by atoms with E-state index in [9.17, 15) is 4.39 Å². The van der Waals surface area contributed by atoms with Crippen LogP contribution in [0, 0.1) is 5.82 Å². The molecule has 0 radical (unpaired) electrons. The molecule has 2 heterocycles. The summed E-state index contributed by atoms with van der Waals surface area (Å²) in [6, 6.07) is 6.06. The quantitative estimate of drug-likeness (QED) is 0.737. The summed E-state index contributed by atoms with van der Waals surface area (Å²) >= 11 is 3.46. The van der Waals surface area contributed by atoms with Crippen molar-refractivity contribution in [2.75, 3.05) is 0 Å². The lowest BCUT2D eigenvalue weighted by molar-refractivity contribution is 0.553. The number of tetrazole rings is 1. The Morgan fingerprint density at radius 3 is 2.65 bits per heavy atom. The molecule has 20 heavy (non-hydrogen) atoms. The molecular weight excluding hydrogens is 327 g/mol. The van der Waals surface area contributed by atoms with Crippen LogP contribution < -0.4 is 0 Å². The van der Waals surface area contributed by atoms with E-state index in [1.54, 1.807) is 23.0 Å². The van der Waals surface area contributed by atoms with Crippen LogP contribution >= 0.6 is 15.9 Å². The van der Waals surface area contributed by atoms with Gasteiger partial charge in [-0.25, -0.2) is 9.07 Å². The summed E-state index contributed by atoms with van der Waals surface area (Å²) in [6.07, 6.45) is 1.64. The molecule has 0 saturated carbocycles. The van der Waals surface area contributed by atoms with Crippen LogP contribution in [0.1, 0.15) is 6.92 Å². The monoisotopic (exact) mass is 336 g/mol. The third-order valence-corrected chi connectivity index (χ3v) is 3.52. The molecule has 0 bridgehead atoms. The van der Waals surface area contributed by atoms with E-state index in [0.29, 0.717) is 17.0 Å². The molecule has 0 amide bonds. The van der Waals surface area contributed by atoms with Gasteiger partial charge in [-0.1, -0.05) is 0 Å². The van der Waals surface area contributed by atoms with E-state index in [4.69, 9.17) is 0 Å². The first-order valence-electron chi connectivity index (χ1n) is 5.96. The summed E-state index contributed by atoms with van der Waals surface area (Å²) in [4.78, 5) is 1.50. The van der Waals surface area contributed by atoms with Crippen molar-refractivity contribution >= 4 is 15.9 Å². The van der Waals surface area contributed by atoms with Gasteiger partial charge in [-0.05, 0) is 52.3 Å². The molecule has 0 fully saturated rings. The Morgan fingerprint density at radius 1 is 1.25 bits per heavy atom. The minimum absolute atomic E-state index is 0.287. The number of aromatic nitrogens is 6. The van der Waals surface area contributed by atoms with Crippen LogP contribution in [0.5, 0.6) is 0 Å². The molecule has 0 atom stereocenters. The fourth-order valence-electron chi connectivity index (χ4n) is 1.73. The van der Waals surface area contributed by atoms with Crippen LogP contribution in [-0.4, -0.2) is 30.0 Å². The van der Waals surface area contributed by atoms with E-state index in [2.05, 4.69) is 36.4 Å². The second-order valence-corrected chi connectivity index (χ2v) is 4.79. The second-order valence-electron chi connectivity index (χ2n) is 4.04. The molecule has 6 nitrogen and oxygen atoms in total. The van der Waals surface area contributed by atoms with Crippen molar-refractivity contribution in [1.82, 2.24) is 30.0 Å². The van der Waals surface area contributed by atoms with Crippen molar-refractivity contribution in [3.8, 4) is 17.1 Å². The zero-order valence-corrected chi connectivity index (χ0v) is 12.1. The maximum atomic E-state index is 12.9. The molecule has 0 aliphatic carbocycles. The van der Waals surface area contributed by atoms with Gasteiger partial charge in [-0.3, -0.25) is 0 Å². The van der Waals surface area contributed by atoms with E-state index in [1.807, 2.05) is 6.92 Å². The molecule has 0 saturated heterocycles. The lowest BCUT2D eigenvalue weighted by Crippen LogP contribution is -1.98. The van der Waals surface area contributed by atoms with Crippen LogP contribution in [0.4, 0.5) is 4.39 Å². The van der Waals surface area contributed by atoms with Gasteiger partial charge >= 0.3 is 0 Å². The zero-order valence-electron chi connectivity index (χ0n) is 10.5. The number of hydrogen-bond acceptors (Lipinski definition) is 4. The van der Waals surface area contributed by atoms with E-state index in [-0.39, 0.29) is 5.82 Å². The normalized spacial score (nSPS) is 10.9. The predicted molar refractivity (Wildman–Crippen MR) is 73.7 cm³/mol. The first-order chi connectivity index (χ1) is 9.69. The Kier molecular flexibility index (Phi) is 3.31. The SMILES string of the molecule is CCn1nnc(-c2cnn(-c3ccc(F)cc3)c2Br)n1. The van der Waals surface area contributed by atoms with Gasteiger partial charge in [0, 0.05) is 0 Å². The molecule has 0 aliphatic heterocycles. The maximum absolute atomic E-state index is 12.9. The van der Waals surface area contributed by atoms with E-state index >= 15 is 0 Å². The summed E-state index contributed by atoms with van der Waals surface area (Å²) in [5, 5.41) is 16.4. The van der Waals surface area contributed by atoms with Crippen molar-refractivity contribution in [2.24, 2.45) is 0 Å². The predicted octanol–water partition coefficient (Wildman–Crippen LogP) is 2.45. The second kappa shape index (κ2) is 5.12. The molecule has 1 aromatic carbocycles. The van der Waals surface area contributed by atoms with Crippen molar-refractivity contribution < 1.29 is 4.39 Å². The lowest BCUT2D eigenvalue weighted by Gasteiger charge is -2.02. The van der Waals surface area contributed by atoms with Gasteiger partial charge in [-0.15, -0.1) is 10.2 Å². The first kappa shape index (κ1) is 12.9. The third-order valence-electron chi connectivity index (χ3n) is 2.76. The first-order valence-corrected chi connectivity index (χ1v) is 6.76. The molecule has 2 aromatic heterocycles. The fraction of sp³-hybridized carbons (Fsp3) is 0.167. The van der Waals surface area contributed by atoms with Crippen molar-refractivity contribution in [2.45, 2.75) is 13.5 Å². The van der Waals surface area contributed by atoms with Crippen LogP contribution in [-0.2, 0) is 6.54 Å². The van der Waals surface area contributed by atoms with E-state index in [1.165, 1.54) is 16.9 Å². The highest BCUT2D eigenvalue weighted by molar-refractivity contribution is 9.10. The van der Waals surface area contributed by atoms with Crippen LogP contribution in [0.2, 0.25) is 0 Å². The Hall–Kier alpha value is -2.09. The number of nitrogens with zero attached hydrogens (tertiary/aromatic N) is 6. The highest BCUT2D eigenvalue weighted by atomic mass is 79.9. The lowest BCUT2D eigenvalue weighted by atomic mass is 10.3. The van der Waals surface area contributed by atoms with E-state index in [0.717, 1.165) is 11.3 Å². The zero-order chi connectivity index (χ0) is 14.1. The van der Waals surface area contributed by atoms with Crippen molar-refractivity contribution in [3.05, 3.63) is 40.9 Å². The minimum atomic E-state index is -0.287. The molecule has 0 aliphatic rings. The number of hydrogen-bond donors (Lipinski definition) is 0. The van der Waals surface area contributed by atoms with Crippen molar-refractivity contribution in [1.29, 1.82) is 0 Å². The summed E-state index contributed by atoms with van der Waals surface area (Å²) in [5.74, 6) is 0.205. The summed E-state index contributed by atoms with van der Waals surface area (Å²) in [5.41, 5.74) is 1.47. The average Bonchev–Trinajstić information content (AvgIpc) is 3.06. The molecular formula is C12H10BrFN6. The summed E-state index contributed by atoms with van der Waals surface area (Å²) < 4.78 is 15.3. The topological polar surface area (TPSA) is 61.4 Å². The maximum Gasteiger partial charge on any atom is 0.209 e. The Labute approximate surface area is 122 Å². The third kappa shape index (κ3) is 2.22.